The van der Waals surface area contributed by atoms with Crippen LogP contribution in [0.25, 0.3) is 0 Å². The average Bonchev–Trinajstić information content (AvgIpc) is 3.12. The van der Waals surface area contributed by atoms with E-state index in [-0.39, 0.29) is 27.7 Å². The maximum absolute atomic E-state index is 14.4. The molecule has 0 saturated heterocycles. The van der Waals surface area contributed by atoms with Gasteiger partial charge in [-0.05, 0) is 41.8 Å². The van der Waals surface area contributed by atoms with E-state index in [9.17, 15) is 22.0 Å². The van der Waals surface area contributed by atoms with Crippen LogP contribution in [0.2, 0.25) is 5.02 Å². The molecule has 28 heavy (non-hydrogen) atoms. The van der Waals surface area contributed by atoms with Crippen LogP contribution in [0.3, 0.4) is 0 Å². The molecule has 1 heterocycles. The first-order chi connectivity index (χ1) is 13.2. The summed E-state index contributed by atoms with van der Waals surface area (Å²) in [5, 5.41) is 1.79. The van der Waals surface area contributed by atoms with E-state index in [1.54, 1.807) is 12.1 Å². The Labute approximate surface area is 169 Å². The molecule has 0 saturated carbocycles. The molecule has 0 radical (unpaired) electrons. The van der Waals surface area contributed by atoms with Crippen molar-refractivity contribution in [3.63, 3.8) is 0 Å². The molecule has 3 aromatic rings. The Hall–Kier alpha value is -2.29. The van der Waals surface area contributed by atoms with Gasteiger partial charge >= 0.3 is 0 Å². The first kappa shape index (κ1) is 20.4. The summed E-state index contributed by atoms with van der Waals surface area (Å²) in [5.74, 6) is -2.31. The van der Waals surface area contributed by atoms with Gasteiger partial charge in [0, 0.05) is 22.8 Å². The summed E-state index contributed by atoms with van der Waals surface area (Å²) in [6.07, 6.45) is 0.978. The minimum atomic E-state index is -3.67. The summed E-state index contributed by atoms with van der Waals surface area (Å²) in [6, 6.07) is 10.3. The Morgan fingerprint density at radius 1 is 1.14 bits per heavy atom. The standard InChI is InChI=1S/C19H14ClF2NO3S2/c1-28(25,26)18-9-12(4-6-15(18)20)19(24)23(11-14-3-2-8-27-14)17-7-5-13(21)10-16(17)22/h2-10H,11H2,1H3. The number of carbonyl (C=O) groups excluding carboxylic acids is 1. The second-order valence-corrected chi connectivity index (χ2v) is 9.41. The molecular formula is C19H14ClF2NO3S2. The maximum atomic E-state index is 14.4. The van der Waals surface area contributed by atoms with Gasteiger partial charge in [-0.1, -0.05) is 17.7 Å². The summed E-state index contributed by atoms with van der Waals surface area (Å²) in [4.78, 5) is 14.8. The minimum absolute atomic E-state index is 0.0168. The lowest BCUT2D eigenvalue weighted by Crippen LogP contribution is -2.31. The lowest BCUT2D eigenvalue weighted by Gasteiger charge is -2.23. The van der Waals surface area contributed by atoms with E-state index >= 15 is 0 Å². The zero-order valence-corrected chi connectivity index (χ0v) is 16.9. The molecule has 0 fully saturated rings. The molecule has 1 aromatic heterocycles. The third-order valence-electron chi connectivity index (χ3n) is 3.92. The van der Waals surface area contributed by atoms with Gasteiger partial charge in [-0.2, -0.15) is 0 Å². The van der Waals surface area contributed by atoms with Crippen LogP contribution in [0.1, 0.15) is 15.2 Å². The normalized spacial score (nSPS) is 11.4. The molecule has 146 valence electrons. The van der Waals surface area contributed by atoms with Crippen molar-refractivity contribution in [1.29, 1.82) is 0 Å². The third kappa shape index (κ3) is 4.40. The Bertz CT molecular complexity index is 1130. The molecule has 3 rings (SSSR count). The number of halogens is 3. The molecule has 0 aliphatic carbocycles. The number of hydrogen-bond donors (Lipinski definition) is 0. The number of sulfone groups is 1. The van der Waals surface area contributed by atoms with Crippen molar-refractivity contribution in [3.8, 4) is 0 Å². The lowest BCUT2D eigenvalue weighted by molar-refractivity contribution is 0.0984. The maximum Gasteiger partial charge on any atom is 0.258 e. The van der Waals surface area contributed by atoms with Crippen molar-refractivity contribution in [1.82, 2.24) is 0 Å². The van der Waals surface area contributed by atoms with Gasteiger partial charge < -0.3 is 4.90 Å². The SMILES string of the molecule is CS(=O)(=O)c1cc(C(=O)N(Cc2cccs2)c2ccc(F)cc2F)ccc1Cl. The highest BCUT2D eigenvalue weighted by atomic mass is 35.5. The van der Waals surface area contributed by atoms with Gasteiger partial charge in [0.2, 0.25) is 0 Å². The number of anilines is 1. The Morgan fingerprint density at radius 3 is 2.50 bits per heavy atom. The van der Waals surface area contributed by atoms with Crippen LogP contribution < -0.4 is 4.90 Å². The lowest BCUT2D eigenvalue weighted by atomic mass is 10.1. The average molecular weight is 442 g/mol. The highest BCUT2D eigenvalue weighted by Gasteiger charge is 2.24. The highest BCUT2D eigenvalue weighted by molar-refractivity contribution is 7.90. The number of amides is 1. The van der Waals surface area contributed by atoms with E-state index in [2.05, 4.69) is 0 Å². The van der Waals surface area contributed by atoms with E-state index in [0.29, 0.717) is 6.07 Å². The van der Waals surface area contributed by atoms with Gasteiger partial charge in [-0.3, -0.25) is 4.79 Å². The Morgan fingerprint density at radius 2 is 1.89 bits per heavy atom. The van der Waals surface area contributed by atoms with Crippen LogP contribution in [-0.2, 0) is 16.4 Å². The molecule has 0 N–H and O–H groups in total. The van der Waals surface area contributed by atoms with Crippen molar-refractivity contribution >= 4 is 44.4 Å². The predicted octanol–water partition coefficient (Wildman–Crippen LogP) is 4.93. The van der Waals surface area contributed by atoms with Crippen LogP contribution in [0, 0.1) is 11.6 Å². The molecule has 0 aliphatic rings. The molecule has 4 nitrogen and oxygen atoms in total. The van der Waals surface area contributed by atoms with Crippen molar-refractivity contribution in [3.05, 3.63) is 81.0 Å². The van der Waals surface area contributed by atoms with E-state index < -0.39 is 27.4 Å². The zero-order valence-electron chi connectivity index (χ0n) is 14.5. The summed E-state index contributed by atoms with van der Waals surface area (Å²) >= 11 is 7.31. The highest BCUT2D eigenvalue weighted by Crippen LogP contribution is 2.28. The van der Waals surface area contributed by atoms with Crippen LogP contribution in [-0.4, -0.2) is 20.6 Å². The third-order valence-corrected chi connectivity index (χ3v) is 6.36. The first-order valence-electron chi connectivity index (χ1n) is 7.96. The first-order valence-corrected chi connectivity index (χ1v) is 11.1. The number of hydrogen-bond acceptors (Lipinski definition) is 4. The van der Waals surface area contributed by atoms with E-state index in [4.69, 9.17) is 11.6 Å². The van der Waals surface area contributed by atoms with Crippen LogP contribution in [0.5, 0.6) is 0 Å². The van der Waals surface area contributed by atoms with E-state index in [1.807, 2.05) is 5.38 Å². The monoisotopic (exact) mass is 441 g/mol. The largest absolute Gasteiger partial charge is 0.300 e. The van der Waals surface area contributed by atoms with Gasteiger partial charge in [0.1, 0.15) is 11.6 Å². The fraction of sp³-hybridized carbons (Fsp3) is 0.105. The molecule has 0 atom stereocenters. The van der Waals surface area contributed by atoms with E-state index in [1.165, 1.54) is 29.5 Å². The van der Waals surface area contributed by atoms with Gasteiger partial charge in [-0.25, -0.2) is 17.2 Å². The molecule has 0 aliphatic heterocycles. The van der Waals surface area contributed by atoms with Crippen molar-refractivity contribution in [2.75, 3.05) is 11.2 Å². The molecular weight excluding hydrogens is 428 g/mol. The smallest absolute Gasteiger partial charge is 0.258 e. The molecule has 0 bridgehead atoms. The number of carbonyl (C=O) groups is 1. The van der Waals surface area contributed by atoms with Crippen LogP contribution >= 0.6 is 22.9 Å². The number of rotatable bonds is 5. The fourth-order valence-corrected chi connectivity index (χ4v) is 4.60. The van der Waals surface area contributed by atoms with Crippen LogP contribution in [0.4, 0.5) is 14.5 Å². The Balaban J connectivity index is 2.09. The minimum Gasteiger partial charge on any atom is -0.300 e. The van der Waals surface area contributed by atoms with Crippen LogP contribution in [0.15, 0.2) is 58.8 Å². The summed E-state index contributed by atoms with van der Waals surface area (Å²) in [6.45, 7) is 0.0376. The molecule has 9 heteroatoms. The van der Waals surface area contributed by atoms with Crippen molar-refractivity contribution < 1.29 is 22.0 Å². The van der Waals surface area contributed by atoms with Gasteiger partial charge in [0.25, 0.3) is 5.91 Å². The zero-order chi connectivity index (χ0) is 20.5. The molecule has 0 unspecified atom stereocenters. The fourth-order valence-electron chi connectivity index (χ4n) is 2.60. The van der Waals surface area contributed by atoms with E-state index in [0.717, 1.165) is 28.2 Å². The quantitative estimate of drug-likeness (QED) is 0.564. The predicted molar refractivity (Wildman–Crippen MR) is 106 cm³/mol. The van der Waals surface area contributed by atoms with Crippen molar-refractivity contribution in [2.24, 2.45) is 0 Å². The van der Waals surface area contributed by atoms with Gasteiger partial charge in [-0.15, -0.1) is 11.3 Å². The second-order valence-electron chi connectivity index (χ2n) is 5.98. The second kappa shape index (κ2) is 7.98. The summed E-state index contributed by atoms with van der Waals surface area (Å²) in [5.41, 5.74) is -0.0965. The molecule has 0 spiro atoms. The number of thiophene rings is 1. The summed E-state index contributed by atoms with van der Waals surface area (Å²) in [7, 11) is -3.67. The number of nitrogens with zero attached hydrogens (tertiary/aromatic N) is 1. The molecule has 2 aromatic carbocycles. The van der Waals surface area contributed by atoms with Gasteiger partial charge in [0.15, 0.2) is 9.84 Å². The summed E-state index contributed by atoms with van der Waals surface area (Å²) < 4.78 is 51.5. The van der Waals surface area contributed by atoms with Crippen molar-refractivity contribution in [2.45, 2.75) is 11.4 Å². The Kier molecular flexibility index (Phi) is 5.83. The topological polar surface area (TPSA) is 54.5 Å². The van der Waals surface area contributed by atoms with Gasteiger partial charge in [0.05, 0.1) is 22.2 Å². The molecule has 1 amide bonds. The number of benzene rings is 2.